The highest BCUT2D eigenvalue weighted by Crippen LogP contribution is 2.19. The van der Waals surface area contributed by atoms with Crippen LogP contribution in [0.1, 0.15) is 25.5 Å². The molecule has 0 N–H and O–H groups in total. The first-order valence-corrected chi connectivity index (χ1v) is 4.34. The summed E-state index contributed by atoms with van der Waals surface area (Å²) in [6.45, 7) is 4.35. The zero-order chi connectivity index (χ0) is 8.55. The van der Waals surface area contributed by atoms with Crippen molar-refractivity contribution in [2.75, 3.05) is 0 Å². The van der Waals surface area contributed by atoms with Crippen LogP contribution in [0.2, 0.25) is 0 Å². The second kappa shape index (κ2) is 2.70. The summed E-state index contributed by atoms with van der Waals surface area (Å²) in [6, 6.07) is 4.73. The van der Waals surface area contributed by atoms with Crippen molar-refractivity contribution in [2.24, 2.45) is 4.99 Å². The molecule has 0 bridgehead atoms. The second-order valence-corrected chi connectivity index (χ2v) is 3.37. The van der Waals surface area contributed by atoms with Gasteiger partial charge in [-0.15, -0.1) is 0 Å². The first kappa shape index (κ1) is 7.47. The van der Waals surface area contributed by atoms with Gasteiger partial charge in [0.05, 0.1) is 17.8 Å². The molecule has 0 aromatic carbocycles. The minimum Gasteiger partial charge on any atom is -0.229 e. The molecule has 2 heterocycles. The lowest BCUT2D eigenvalue weighted by atomic mass is 10.2. The van der Waals surface area contributed by atoms with Crippen molar-refractivity contribution >= 4 is 12.0 Å². The zero-order valence-corrected chi connectivity index (χ0v) is 7.49. The number of fused-ring (bicyclic) bond motifs is 1. The molecule has 0 saturated heterocycles. The van der Waals surface area contributed by atoms with Crippen LogP contribution >= 0.6 is 0 Å². The SMILES string of the molecule is CC(C)[n+]1cccc2c1N=CC2. The largest absolute Gasteiger partial charge is 0.326 e. The van der Waals surface area contributed by atoms with Gasteiger partial charge in [0.2, 0.25) is 0 Å². The number of pyridine rings is 1. The standard InChI is InChI=1S/C10H13N2/c1-8(2)12-7-3-4-9-5-6-11-10(9)12/h3-4,6-8H,5H2,1-2H3/q+1. The van der Waals surface area contributed by atoms with Crippen LogP contribution in [0.25, 0.3) is 0 Å². The molecule has 0 aliphatic carbocycles. The van der Waals surface area contributed by atoms with Crippen molar-refractivity contribution < 1.29 is 4.57 Å². The number of rotatable bonds is 1. The van der Waals surface area contributed by atoms with Crippen molar-refractivity contribution in [3.05, 3.63) is 23.9 Å². The van der Waals surface area contributed by atoms with E-state index in [0.717, 1.165) is 12.2 Å². The van der Waals surface area contributed by atoms with E-state index >= 15 is 0 Å². The summed E-state index contributed by atoms with van der Waals surface area (Å²) in [7, 11) is 0. The molecule has 0 radical (unpaired) electrons. The van der Waals surface area contributed by atoms with Gasteiger partial charge in [-0.2, -0.15) is 0 Å². The minimum atomic E-state index is 0.496. The van der Waals surface area contributed by atoms with Crippen molar-refractivity contribution in [2.45, 2.75) is 26.3 Å². The molecule has 2 heteroatoms. The normalized spacial score (nSPS) is 13.9. The van der Waals surface area contributed by atoms with Gasteiger partial charge in [0.25, 0.3) is 0 Å². The Kier molecular flexibility index (Phi) is 1.68. The summed E-state index contributed by atoms with van der Waals surface area (Å²) in [5, 5.41) is 0. The van der Waals surface area contributed by atoms with Gasteiger partial charge in [-0.3, -0.25) is 0 Å². The van der Waals surface area contributed by atoms with Crippen LogP contribution in [-0.4, -0.2) is 6.21 Å². The van der Waals surface area contributed by atoms with Crippen molar-refractivity contribution in [1.82, 2.24) is 0 Å². The highest BCUT2D eigenvalue weighted by atomic mass is 15.1. The third-order valence-electron chi connectivity index (χ3n) is 2.16. The highest BCUT2D eigenvalue weighted by Gasteiger charge is 2.20. The van der Waals surface area contributed by atoms with E-state index in [1.165, 1.54) is 5.56 Å². The van der Waals surface area contributed by atoms with Gasteiger partial charge in [0, 0.05) is 6.42 Å². The summed E-state index contributed by atoms with van der Waals surface area (Å²) < 4.78 is 2.21. The van der Waals surface area contributed by atoms with Gasteiger partial charge in [0.1, 0.15) is 6.21 Å². The predicted molar refractivity (Wildman–Crippen MR) is 48.9 cm³/mol. The number of hydrogen-bond donors (Lipinski definition) is 0. The highest BCUT2D eigenvalue weighted by molar-refractivity contribution is 5.72. The molecule has 2 rings (SSSR count). The lowest BCUT2D eigenvalue weighted by Crippen LogP contribution is -2.36. The maximum absolute atomic E-state index is 4.36. The number of nitrogens with zero attached hydrogens (tertiary/aromatic N) is 2. The number of hydrogen-bond acceptors (Lipinski definition) is 1. The molecule has 0 saturated carbocycles. The fraction of sp³-hybridized carbons (Fsp3) is 0.400. The maximum atomic E-state index is 4.36. The molecule has 12 heavy (non-hydrogen) atoms. The Bertz CT molecular complexity index is 327. The van der Waals surface area contributed by atoms with E-state index in [1.807, 2.05) is 6.21 Å². The molecular weight excluding hydrogens is 148 g/mol. The van der Waals surface area contributed by atoms with Crippen molar-refractivity contribution in [3.63, 3.8) is 0 Å². The van der Waals surface area contributed by atoms with E-state index in [0.29, 0.717) is 6.04 Å². The van der Waals surface area contributed by atoms with Crippen LogP contribution in [0.15, 0.2) is 23.3 Å². The molecule has 0 spiro atoms. The molecule has 1 aromatic heterocycles. The van der Waals surface area contributed by atoms with Crippen molar-refractivity contribution in [1.29, 1.82) is 0 Å². The smallest absolute Gasteiger partial charge is 0.229 e. The molecule has 0 fully saturated rings. The van der Waals surface area contributed by atoms with Gasteiger partial charge in [-0.25, -0.2) is 4.57 Å². The Labute approximate surface area is 72.6 Å². The Morgan fingerprint density at radius 3 is 3.08 bits per heavy atom. The summed E-state index contributed by atoms with van der Waals surface area (Å²) >= 11 is 0. The third kappa shape index (κ3) is 1.04. The third-order valence-corrected chi connectivity index (χ3v) is 2.16. The summed E-state index contributed by atoms with van der Waals surface area (Å²) in [5.74, 6) is 1.13. The van der Waals surface area contributed by atoms with Crippen molar-refractivity contribution in [3.8, 4) is 0 Å². The van der Waals surface area contributed by atoms with E-state index in [9.17, 15) is 0 Å². The molecule has 1 aromatic rings. The minimum absolute atomic E-state index is 0.496. The molecule has 62 valence electrons. The molecule has 0 atom stereocenters. The average molecular weight is 161 g/mol. The lowest BCUT2D eigenvalue weighted by molar-refractivity contribution is -0.703. The van der Waals surface area contributed by atoms with Crippen LogP contribution in [-0.2, 0) is 6.42 Å². The Balaban J connectivity index is 2.56. The first-order chi connectivity index (χ1) is 5.79. The molecule has 2 nitrogen and oxygen atoms in total. The van der Waals surface area contributed by atoms with Gasteiger partial charge in [-0.1, -0.05) is 4.99 Å². The van der Waals surface area contributed by atoms with Gasteiger partial charge < -0.3 is 0 Å². The quantitative estimate of drug-likeness (QED) is 0.559. The van der Waals surface area contributed by atoms with E-state index in [4.69, 9.17) is 0 Å². The second-order valence-electron chi connectivity index (χ2n) is 3.37. The van der Waals surface area contributed by atoms with Crippen LogP contribution in [0.5, 0.6) is 0 Å². The van der Waals surface area contributed by atoms with Crippen LogP contribution in [0, 0.1) is 0 Å². The number of aromatic nitrogens is 1. The summed E-state index contributed by atoms with van der Waals surface area (Å²) in [5.41, 5.74) is 1.34. The fourth-order valence-electron chi connectivity index (χ4n) is 1.52. The Hall–Kier alpha value is -1.18. The van der Waals surface area contributed by atoms with Gasteiger partial charge in [-0.05, 0) is 26.0 Å². The first-order valence-electron chi connectivity index (χ1n) is 4.34. The molecule has 0 amide bonds. The molecule has 0 unspecified atom stereocenters. The topological polar surface area (TPSA) is 16.2 Å². The Morgan fingerprint density at radius 2 is 2.33 bits per heavy atom. The van der Waals surface area contributed by atoms with Gasteiger partial charge >= 0.3 is 5.82 Å². The van der Waals surface area contributed by atoms with Crippen LogP contribution in [0.4, 0.5) is 5.82 Å². The van der Waals surface area contributed by atoms with Crippen LogP contribution in [0.3, 0.4) is 0 Å². The van der Waals surface area contributed by atoms with Crippen LogP contribution < -0.4 is 4.57 Å². The predicted octanol–water partition coefficient (Wildman–Crippen LogP) is 1.81. The molecule has 1 aliphatic heterocycles. The van der Waals surface area contributed by atoms with E-state index in [2.05, 4.69) is 41.7 Å². The number of aliphatic imine (C=N–C) groups is 1. The maximum Gasteiger partial charge on any atom is 0.326 e. The Morgan fingerprint density at radius 1 is 1.50 bits per heavy atom. The van der Waals surface area contributed by atoms with Gasteiger partial charge in [0.15, 0.2) is 0 Å². The van der Waals surface area contributed by atoms with E-state index in [1.54, 1.807) is 0 Å². The summed E-state index contributed by atoms with van der Waals surface area (Å²) in [6.07, 6.45) is 5.05. The zero-order valence-electron chi connectivity index (χ0n) is 7.49. The fourth-order valence-corrected chi connectivity index (χ4v) is 1.52. The molecule has 1 aliphatic rings. The average Bonchev–Trinajstić information content (AvgIpc) is 2.49. The summed E-state index contributed by atoms with van der Waals surface area (Å²) in [4.78, 5) is 4.36. The molecular formula is C10H13N2+. The van der Waals surface area contributed by atoms with E-state index in [-0.39, 0.29) is 0 Å². The lowest BCUT2D eigenvalue weighted by Gasteiger charge is -2.05. The van der Waals surface area contributed by atoms with E-state index < -0.39 is 0 Å². The monoisotopic (exact) mass is 161 g/mol.